The SMILES string of the molecule is Cc1cc(C)cc(C2=Nc3cccc4c(CCC(C)(F)F)ccc2c34)c1. The molecule has 0 fully saturated rings. The summed E-state index contributed by atoms with van der Waals surface area (Å²) in [6, 6.07) is 16.4. The Hall–Kier alpha value is -2.55. The van der Waals surface area contributed by atoms with Gasteiger partial charge in [0.1, 0.15) is 0 Å². The van der Waals surface area contributed by atoms with Crippen molar-refractivity contribution in [3.05, 3.63) is 76.3 Å². The van der Waals surface area contributed by atoms with Crippen LogP contribution in [0.4, 0.5) is 14.5 Å². The highest BCUT2D eigenvalue weighted by atomic mass is 19.3. The third-order valence-corrected chi connectivity index (χ3v) is 4.92. The summed E-state index contributed by atoms with van der Waals surface area (Å²) in [6.45, 7) is 5.15. The summed E-state index contributed by atoms with van der Waals surface area (Å²) in [4.78, 5) is 4.87. The zero-order valence-electron chi connectivity index (χ0n) is 15.2. The number of halogens is 2. The first-order valence-electron chi connectivity index (χ1n) is 8.92. The summed E-state index contributed by atoms with van der Waals surface area (Å²) < 4.78 is 26.6. The molecule has 1 nitrogen and oxygen atoms in total. The Balaban J connectivity index is 1.82. The van der Waals surface area contributed by atoms with Gasteiger partial charge >= 0.3 is 0 Å². The smallest absolute Gasteiger partial charge is 0.245 e. The fraction of sp³-hybridized carbons (Fsp3) is 0.261. The van der Waals surface area contributed by atoms with E-state index in [-0.39, 0.29) is 6.42 Å². The molecule has 1 aliphatic heterocycles. The van der Waals surface area contributed by atoms with Crippen LogP contribution in [-0.2, 0) is 6.42 Å². The standard InChI is InChI=1S/C23H21F2N/c1-14-11-15(2)13-17(12-14)22-19-8-7-16(9-10-23(3,24)25)18-5-4-6-20(26-22)21(18)19/h4-8,11-13H,9-10H2,1-3H3. The number of benzene rings is 3. The van der Waals surface area contributed by atoms with E-state index in [0.29, 0.717) is 6.42 Å². The van der Waals surface area contributed by atoms with Crippen molar-refractivity contribution < 1.29 is 8.78 Å². The van der Waals surface area contributed by atoms with E-state index in [1.54, 1.807) is 0 Å². The fourth-order valence-electron chi connectivity index (χ4n) is 3.82. The van der Waals surface area contributed by atoms with Gasteiger partial charge in [0.15, 0.2) is 0 Å². The minimum atomic E-state index is -2.65. The van der Waals surface area contributed by atoms with Gasteiger partial charge in [-0.15, -0.1) is 0 Å². The third-order valence-electron chi connectivity index (χ3n) is 4.92. The van der Waals surface area contributed by atoms with Crippen molar-refractivity contribution in [2.24, 2.45) is 4.99 Å². The second kappa shape index (κ2) is 6.01. The van der Waals surface area contributed by atoms with Crippen molar-refractivity contribution in [1.29, 1.82) is 0 Å². The molecule has 3 aromatic carbocycles. The van der Waals surface area contributed by atoms with Crippen LogP contribution in [0.25, 0.3) is 10.8 Å². The largest absolute Gasteiger partial charge is 0.247 e. The van der Waals surface area contributed by atoms with Crippen LogP contribution in [-0.4, -0.2) is 11.6 Å². The van der Waals surface area contributed by atoms with E-state index in [4.69, 9.17) is 4.99 Å². The first kappa shape index (κ1) is 16.9. The molecule has 0 radical (unpaired) electrons. The highest BCUT2D eigenvalue weighted by Crippen LogP contribution is 2.39. The molecule has 132 valence electrons. The van der Waals surface area contributed by atoms with Crippen LogP contribution in [0, 0.1) is 13.8 Å². The fourth-order valence-corrected chi connectivity index (χ4v) is 3.82. The zero-order valence-corrected chi connectivity index (χ0v) is 15.2. The predicted molar refractivity (Wildman–Crippen MR) is 104 cm³/mol. The molecule has 3 aromatic rings. The van der Waals surface area contributed by atoms with E-state index < -0.39 is 5.92 Å². The summed E-state index contributed by atoms with van der Waals surface area (Å²) in [6.07, 6.45) is 0.221. The van der Waals surface area contributed by atoms with Gasteiger partial charge in [-0.3, -0.25) is 0 Å². The van der Waals surface area contributed by atoms with Gasteiger partial charge in [0, 0.05) is 22.9 Å². The lowest BCUT2D eigenvalue weighted by Crippen LogP contribution is -2.11. The normalized spacial score (nSPS) is 13.3. The molecule has 3 heteroatoms. The molecule has 0 unspecified atom stereocenters. The minimum Gasteiger partial charge on any atom is -0.247 e. The van der Waals surface area contributed by atoms with Gasteiger partial charge in [0.2, 0.25) is 5.92 Å². The molecule has 0 saturated carbocycles. The summed E-state index contributed by atoms with van der Waals surface area (Å²) in [5, 5.41) is 2.12. The van der Waals surface area contributed by atoms with E-state index in [2.05, 4.69) is 32.0 Å². The van der Waals surface area contributed by atoms with Crippen LogP contribution >= 0.6 is 0 Å². The Morgan fingerprint density at radius 3 is 2.38 bits per heavy atom. The van der Waals surface area contributed by atoms with Crippen LogP contribution in [0.2, 0.25) is 0 Å². The van der Waals surface area contributed by atoms with Crippen LogP contribution in [0.1, 0.15) is 41.2 Å². The quantitative estimate of drug-likeness (QED) is 0.397. The average Bonchev–Trinajstić information content (AvgIpc) is 2.93. The van der Waals surface area contributed by atoms with Gasteiger partial charge < -0.3 is 0 Å². The summed E-state index contributed by atoms with van der Waals surface area (Å²) >= 11 is 0. The molecule has 1 heterocycles. The number of hydrogen-bond acceptors (Lipinski definition) is 1. The summed E-state index contributed by atoms with van der Waals surface area (Å²) in [7, 11) is 0. The van der Waals surface area contributed by atoms with Crippen molar-refractivity contribution in [2.75, 3.05) is 0 Å². The van der Waals surface area contributed by atoms with Crippen LogP contribution < -0.4 is 0 Å². The van der Waals surface area contributed by atoms with E-state index in [1.807, 2.05) is 30.3 Å². The van der Waals surface area contributed by atoms with Gasteiger partial charge in [0.25, 0.3) is 0 Å². The van der Waals surface area contributed by atoms with Crippen molar-refractivity contribution in [1.82, 2.24) is 0 Å². The lowest BCUT2D eigenvalue weighted by atomic mass is 9.92. The molecule has 0 spiro atoms. The van der Waals surface area contributed by atoms with Crippen molar-refractivity contribution >= 4 is 22.2 Å². The molecule has 0 bridgehead atoms. The van der Waals surface area contributed by atoms with E-state index in [9.17, 15) is 8.78 Å². The monoisotopic (exact) mass is 349 g/mol. The third kappa shape index (κ3) is 3.03. The maximum Gasteiger partial charge on any atom is 0.245 e. The Morgan fingerprint density at radius 2 is 1.69 bits per heavy atom. The zero-order chi connectivity index (χ0) is 18.5. The molecular formula is C23H21F2N. The molecular weight excluding hydrogens is 328 g/mol. The predicted octanol–water partition coefficient (Wildman–Crippen LogP) is 6.53. The van der Waals surface area contributed by atoms with Crippen molar-refractivity contribution in [3.8, 4) is 0 Å². The maximum absolute atomic E-state index is 13.3. The topological polar surface area (TPSA) is 12.4 Å². The minimum absolute atomic E-state index is 0.142. The lowest BCUT2D eigenvalue weighted by Gasteiger charge is -2.13. The van der Waals surface area contributed by atoms with Gasteiger partial charge in [-0.25, -0.2) is 13.8 Å². The molecule has 0 N–H and O–H groups in total. The van der Waals surface area contributed by atoms with Gasteiger partial charge in [-0.05, 0) is 56.3 Å². The highest BCUT2D eigenvalue weighted by Gasteiger charge is 2.24. The van der Waals surface area contributed by atoms with Crippen LogP contribution in [0.15, 0.2) is 53.5 Å². The molecule has 26 heavy (non-hydrogen) atoms. The Bertz CT molecular complexity index is 1020. The van der Waals surface area contributed by atoms with E-state index in [1.165, 1.54) is 11.1 Å². The molecule has 0 atom stereocenters. The lowest BCUT2D eigenvalue weighted by molar-refractivity contribution is 0.0134. The van der Waals surface area contributed by atoms with Crippen LogP contribution in [0.3, 0.4) is 0 Å². The first-order chi connectivity index (χ1) is 12.3. The number of hydrogen-bond donors (Lipinski definition) is 0. The molecule has 0 aromatic heterocycles. The molecule has 0 saturated heterocycles. The summed E-state index contributed by atoms with van der Waals surface area (Å²) in [5.74, 6) is -2.65. The second-order valence-corrected chi connectivity index (χ2v) is 7.38. The Labute approximate surface area is 152 Å². The molecule has 4 rings (SSSR count). The Kier molecular flexibility index (Phi) is 3.91. The number of nitrogens with zero attached hydrogens (tertiary/aromatic N) is 1. The van der Waals surface area contributed by atoms with Gasteiger partial charge in [0.05, 0.1) is 11.4 Å². The number of aliphatic imine (C=N–C) groups is 1. The second-order valence-electron chi connectivity index (χ2n) is 7.38. The molecule has 0 aliphatic carbocycles. The first-order valence-corrected chi connectivity index (χ1v) is 8.92. The van der Waals surface area contributed by atoms with E-state index in [0.717, 1.165) is 45.8 Å². The Morgan fingerprint density at radius 1 is 0.962 bits per heavy atom. The average molecular weight is 349 g/mol. The molecule has 0 amide bonds. The van der Waals surface area contributed by atoms with Crippen molar-refractivity contribution in [3.63, 3.8) is 0 Å². The van der Waals surface area contributed by atoms with E-state index >= 15 is 0 Å². The maximum atomic E-state index is 13.3. The number of alkyl halides is 2. The van der Waals surface area contributed by atoms with Crippen molar-refractivity contribution in [2.45, 2.75) is 39.5 Å². The number of aryl methyl sites for hydroxylation is 3. The number of rotatable bonds is 4. The van der Waals surface area contributed by atoms with Gasteiger partial charge in [-0.2, -0.15) is 0 Å². The van der Waals surface area contributed by atoms with Crippen LogP contribution in [0.5, 0.6) is 0 Å². The highest BCUT2D eigenvalue weighted by molar-refractivity contribution is 6.26. The molecule has 1 aliphatic rings. The summed E-state index contributed by atoms with van der Waals surface area (Å²) in [5.41, 5.74) is 7.46. The van der Waals surface area contributed by atoms with Gasteiger partial charge in [-0.1, -0.05) is 41.5 Å².